The summed E-state index contributed by atoms with van der Waals surface area (Å²) in [6, 6.07) is 7.32. The minimum absolute atomic E-state index is 0.00630. The number of methoxy groups -OCH3 is 1. The van der Waals surface area contributed by atoms with Crippen molar-refractivity contribution in [1.29, 1.82) is 0 Å². The summed E-state index contributed by atoms with van der Waals surface area (Å²) in [5.74, 6) is 0.148. The van der Waals surface area contributed by atoms with Gasteiger partial charge in [-0.3, -0.25) is 9.59 Å². The van der Waals surface area contributed by atoms with Crippen molar-refractivity contribution in [3.8, 4) is 0 Å². The quantitative estimate of drug-likeness (QED) is 0.723. The number of anilines is 1. The molecule has 0 aromatic heterocycles. The normalized spacial score (nSPS) is 14.5. The molecule has 1 aromatic rings. The van der Waals surface area contributed by atoms with Crippen LogP contribution in [0.5, 0.6) is 0 Å². The summed E-state index contributed by atoms with van der Waals surface area (Å²) in [6.07, 6.45) is 1.50. The summed E-state index contributed by atoms with van der Waals surface area (Å²) >= 11 is 0. The van der Waals surface area contributed by atoms with Gasteiger partial charge in [0.05, 0.1) is 6.61 Å². The lowest BCUT2D eigenvalue weighted by atomic mass is 10.1. The molecule has 0 unspecified atom stereocenters. The lowest BCUT2D eigenvalue weighted by Crippen LogP contribution is -2.38. The van der Waals surface area contributed by atoms with Gasteiger partial charge in [0.15, 0.2) is 0 Å². The smallest absolute Gasteiger partial charge is 0.253 e. The van der Waals surface area contributed by atoms with E-state index in [0.717, 1.165) is 25.2 Å². The second-order valence-electron chi connectivity index (χ2n) is 6.28. The van der Waals surface area contributed by atoms with E-state index in [1.165, 1.54) is 0 Å². The van der Waals surface area contributed by atoms with Crippen molar-refractivity contribution >= 4 is 17.5 Å². The van der Waals surface area contributed by atoms with Crippen LogP contribution in [0.4, 0.5) is 5.69 Å². The van der Waals surface area contributed by atoms with Crippen LogP contribution in [0.15, 0.2) is 24.3 Å². The van der Waals surface area contributed by atoms with Crippen molar-refractivity contribution in [2.75, 3.05) is 58.9 Å². The molecule has 0 radical (unpaired) electrons. The van der Waals surface area contributed by atoms with Crippen LogP contribution in [0.25, 0.3) is 0 Å². The number of hydrogen-bond acceptors (Lipinski definition) is 4. The third-order valence-corrected chi connectivity index (χ3v) is 4.17. The zero-order valence-corrected chi connectivity index (χ0v) is 14.8. The molecule has 2 amide bonds. The Balaban J connectivity index is 2.06. The minimum Gasteiger partial charge on any atom is -0.383 e. The van der Waals surface area contributed by atoms with Crippen LogP contribution in [0.2, 0.25) is 0 Å². The van der Waals surface area contributed by atoms with Gasteiger partial charge in [0, 0.05) is 51.0 Å². The monoisotopic (exact) mass is 333 g/mol. The molecular formula is C18H27N3O3. The Labute approximate surface area is 144 Å². The number of nitrogens with zero attached hydrogens (tertiary/aromatic N) is 3. The first-order valence-corrected chi connectivity index (χ1v) is 8.36. The van der Waals surface area contributed by atoms with Crippen molar-refractivity contribution in [3.63, 3.8) is 0 Å². The number of likely N-dealkylation sites (N-methyl/N-ethyl adjacent to an activating group) is 1. The zero-order valence-electron chi connectivity index (χ0n) is 14.8. The van der Waals surface area contributed by atoms with E-state index in [1.807, 2.05) is 26.2 Å². The first kappa shape index (κ1) is 18.4. The molecule has 0 atom stereocenters. The van der Waals surface area contributed by atoms with Gasteiger partial charge in [-0.2, -0.15) is 0 Å². The maximum Gasteiger partial charge on any atom is 0.253 e. The first-order chi connectivity index (χ1) is 11.5. The van der Waals surface area contributed by atoms with Crippen molar-refractivity contribution in [1.82, 2.24) is 9.80 Å². The lowest BCUT2D eigenvalue weighted by molar-refractivity contribution is -0.117. The second kappa shape index (κ2) is 8.80. The fourth-order valence-electron chi connectivity index (χ4n) is 2.72. The zero-order chi connectivity index (χ0) is 17.5. The molecule has 0 saturated carbocycles. The average molecular weight is 333 g/mol. The van der Waals surface area contributed by atoms with E-state index in [4.69, 9.17) is 4.74 Å². The fourth-order valence-corrected chi connectivity index (χ4v) is 2.72. The van der Waals surface area contributed by atoms with Gasteiger partial charge in [-0.25, -0.2) is 0 Å². The van der Waals surface area contributed by atoms with E-state index in [1.54, 1.807) is 29.0 Å². The number of ether oxygens (including phenoxy) is 1. The summed E-state index contributed by atoms with van der Waals surface area (Å²) in [7, 11) is 5.61. The predicted octanol–water partition coefficient (Wildman–Crippen LogP) is 1.46. The van der Waals surface area contributed by atoms with Gasteiger partial charge >= 0.3 is 0 Å². The number of carbonyl (C=O) groups excluding carboxylic acids is 2. The molecule has 6 nitrogen and oxygen atoms in total. The maximum atomic E-state index is 12.7. The first-order valence-electron chi connectivity index (χ1n) is 8.36. The van der Waals surface area contributed by atoms with Crippen molar-refractivity contribution in [2.45, 2.75) is 12.8 Å². The van der Waals surface area contributed by atoms with Gasteiger partial charge in [0.25, 0.3) is 5.91 Å². The molecule has 1 fully saturated rings. The molecule has 2 rings (SSSR count). The molecule has 1 heterocycles. The van der Waals surface area contributed by atoms with E-state index in [-0.39, 0.29) is 11.8 Å². The molecule has 0 spiro atoms. The van der Waals surface area contributed by atoms with E-state index >= 15 is 0 Å². The summed E-state index contributed by atoms with van der Waals surface area (Å²) < 4.78 is 5.11. The number of rotatable bonds is 8. The number of carbonyl (C=O) groups is 2. The van der Waals surface area contributed by atoms with Crippen LogP contribution in [-0.4, -0.2) is 75.6 Å². The van der Waals surface area contributed by atoms with Crippen LogP contribution in [0, 0.1) is 0 Å². The lowest BCUT2D eigenvalue weighted by Gasteiger charge is -2.24. The molecule has 1 aromatic carbocycles. The summed E-state index contributed by atoms with van der Waals surface area (Å²) in [5.41, 5.74) is 1.51. The molecule has 1 aliphatic rings. The highest BCUT2D eigenvalue weighted by atomic mass is 16.5. The van der Waals surface area contributed by atoms with Crippen LogP contribution < -0.4 is 4.90 Å². The van der Waals surface area contributed by atoms with E-state index < -0.39 is 0 Å². The second-order valence-corrected chi connectivity index (χ2v) is 6.28. The van der Waals surface area contributed by atoms with Gasteiger partial charge in [-0.05, 0) is 44.8 Å². The van der Waals surface area contributed by atoms with Crippen molar-refractivity contribution < 1.29 is 14.3 Å². The predicted molar refractivity (Wildman–Crippen MR) is 94.4 cm³/mol. The Bertz CT molecular complexity index is 557. The van der Waals surface area contributed by atoms with Gasteiger partial charge in [-0.1, -0.05) is 0 Å². The molecule has 0 bridgehead atoms. The Morgan fingerprint density at radius 1 is 1.17 bits per heavy atom. The van der Waals surface area contributed by atoms with Crippen LogP contribution in [0.1, 0.15) is 23.2 Å². The summed E-state index contributed by atoms with van der Waals surface area (Å²) in [4.78, 5) is 30.2. The third kappa shape index (κ3) is 4.79. The Kier molecular flexibility index (Phi) is 6.75. The number of amides is 2. The van der Waals surface area contributed by atoms with Crippen molar-refractivity contribution in [2.24, 2.45) is 0 Å². The molecule has 0 N–H and O–H groups in total. The fraction of sp³-hybridized carbons (Fsp3) is 0.556. The highest BCUT2D eigenvalue weighted by Gasteiger charge is 2.22. The number of benzene rings is 1. The Hall–Kier alpha value is -1.92. The minimum atomic E-state index is -0.00630. The third-order valence-electron chi connectivity index (χ3n) is 4.17. The molecule has 132 valence electrons. The summed E-state index contributed by atoms with van der Waals surface area (Å²) in [6.45, 7) is 3.29. The van der Waals surface area contributed by atoms with Gasteiger partial charge in [-0.15, -0.1) is 0 Å². The largest absolute Gasteiger partial charge is 0.383 e. The highest BCUT2D eigenvalue weighted by Crippen LogP contribution is 2.22. The Morgan fingerprint density at radius 2 is 1.88 bits per heavy atom. The van der Waals surface area contributed by atoms with E-state index in [9.17, 15) is 9.59 Å². The standard InChI is InChI=1S/C18H27N3O3/c1-19(2)11-12-20(13-14-24-3)18(23)15-6-8-16(9-7-15)21-10-4-5-17(21)22/h6-9H,4-5,10-14H2,1-3H3. The summed E-state index contributed by atoms with van der Waals surface area (Å²) in [5, 5.41) is 0. The topological polar surface area (TPSA) is 53.1 Å². The molecular weight excluding hydrogens is 306 g/mol. The Morgan fingerprint density at radius 3 is 2.42 bits per heavy atom. The SMILES string of the molecule is COCCN(CCN(C)C)C(=O)c1ccc(N2CCCC2=O)cc1. The van der Waals surface area contributed by atoms with Crippen LogP contribution >= 0.6 is 0 Å². The maximum absolute atomic E-state index is 12.7. The number of hydrogen-bond donors (Lipinski definition) is 0. The molecule has 1 saturated heterocycles. The van der Waals surface area contributed by atoms with Crippen LogP contribution in [-0.2, 0) is 9.53 Å². The molecule has 1 aliphatic heterocycles. The average Bonchev–Trinajstić information content (AvgIpc) is 3.00. The van der Waals surface area contributed by atoms with Crippen molar-refractivity contribution in [3.05, 3.63) is 29.8 Å². The molecule has 24 heavy (non-hydrogen) atoms. The molecule has 0 aliphatic carbocycles. The van der Waals surface area contributed by atoms with Crippen LogP contribution in [0.3, 0.4) is 0 Å². The van der Waals surface area contributed by atoms with Gasteiger partial charge in [0.2, 0.25) is 5.91 Å². The molecule has 6 heteroatoms. The van der Waals surface area contributed by atoms with Gasteiger partial charge in [0.1, 0.15) is 0 Å². The van der Waals surface area contributed by atoms with E-state index in [2.05, 4.69) is 4.90 Å². The van der Waals surface area contributed by atoms with Gasteiger partial charge < -0.3 is 19.4 Å². The highest BCUT2D eigenvalue weighted by molar-refractivity contribution is 5.97. The van der Waals surface area contributed by atoms with E-state index in [0.29, 0.717) is 31.7 Å².